The molecule has 10 atom stereocenters. The highest BCUT2D eigenvalue weighted by Crippen LogP contribution is 2.67. The SMILES string of the molecule is CCC1=C(C)C(=O)O[C@@H]([C@](C)(O)[C@H]2CC[C@@]3(O)C4=CC(=O)[C@@H]5C[C@@H](O)[C@@H](O)C[C@]5(C)[C@H]4CC(=O)C23C)C1. The number of cyclic esters (lactones) is 1. The van der Waals surface area contributed by atoms with Crippen molar-refractivity contribution in [2.24, 2.45) is 28.6 Å². The van der Waals surface area contributed by atoms with Crippen molar-refractivity contribution in [3.63, 3.8) is 0 Å². The van der Waals surface area contributed by atoms with Gasteiger partial charge >= 0.3 is 5.97 Å². The van der Waals surface area contributed by atoms with E-state index in [-0.39, 0.29) is 37.2 Å². The van der Waals surface area contributed by atoms with Crippen molar-refractivity contribution in [2.75, 3.05) is 0 Å². The molecule has 37 heavy (non-hydrogen) atoms. The smallest absolute Gasteiger partial charge is 0.334 e. The minimum Gasteiger partial charge on any atom is -0.456 e. The van der Waals surface area contributed by atoms with Gasteiger partial charge in [0, 0.05) is 30.3 Å². The van der Waals surface area contributed by atoms with Crippen LogP contribution < -0.4 is 0 Å². The molecule has 8 nitrogen and oxygen atoms in total. The Morgan fingerprint density at radius 1 is 1.11 bits per heavy atom. The summed E-state index contributed by atoms with van der Waals surface area (Å²) < 4.78 is 5.67. The van der Waals surface area contributed by atoms with Crippen LogP contribution in [0.4, 0.5) is 0 Å². The molecule has 0 radical (unpaired) electrons. The molecule has 0 amide bonds. The van der Waals surface area contributed by atoms with E-state index in [1.54, 1.807) is 20.8 Å². The Bertz CT molecular complexity index is 1120. The first-order chi connectivity index (χ1) is 17.1. The summed E-state index contributed by atoms with van der Waals surface area (Å²) in [5, 5.41) is 45.0. The number of hydrogen-bond donors (Lipinski definition) is 4. The molecule has 1 aliphatic heterocycles. The standard InChI is InChI=1S/C29H40O8/c1-6-15-9-24(37-25(34)14(15)2)28(5,35)22-7-8-29(36)17-10-19(30)18-11-20(31)21(32)13-26(18,3)16(17)12-23(33)27(22,29)4/h10,16,18,20-22,24,31-32,35-36H,6-9,11-13H2,1-5H3/t16-,18-,20+,21-,22-,24+,26+,27?,28+,29+/m0/s1. The summed E-state index contributed by atoms with van der Waals surface area (Å²) in [6.07, 6.45) is 0.501. The number of ketones is 2. The second-order valence-corrected chi connectivity index (χ2v) is 12.9. The van der Waals surface area contributed by atoms with Gasteiger partial charge in [-0.05, 0) is 75.9 Å². The monoisotopic (exact) mass is 516 g/mol. The lowest BCUT2D eigenvalue weighted by atomic mass is 9.45. The topological polar surface area (TPSA) is 141 Å². The molecule has 0 aromatic carbocycles. The van der Waals surface area contributed by atoms with E-state index in [2.05, 4.69) is 0 Å². The van der Waals surface area contributed by atoms with Crippen LogP contribution in [-0.4, -0.2) is 67.5 Å². The zero-order chi connectivity index (χ0) is 27.3. The molecule has 3 fully saturated rings. The number of ether oxygens (including phenoxy) is 1. The molecule has 3 saturated carbocycles. The third kappa shape index (κ3) is 3.38. The number of Topliss-reactive ketones (excluding diaryl/α,β-unsaturated/α-hetero) is 1. The Balaban J connectivity index is 1.55. The minimum atomic E-state index is -1.65. The highest BCUT2D eigenvalue weighted by atomic mass is 16.6. The fraction of sp³-hybridized carbons (Fsp3) is 0.759. The van der Waals surface area contributed by atoms with Crippen LogP contribution in [0.25, 0.3) is 0 Å². The summed E-state index contributed by atoms with van der Waals surface area (Å²) in [5.41, 5.74) is -3.43. The molecule has 1 heterocycles. The molecular weight excluding hydrogens is 476 g/mol. The molecule has 4 N–H and O–H groups in total. The first kappa shape index (κ1) is 26.7. The summed E-state index contributed by atoms with van der Waals surface area (Å²) >= 11 is 0. The summed E-state index contributed by atoms with van der Waals surface area (Å²) in [6, 6.07) is 0. The number of fused-ring (bicyclic) bond motifs is 5. The van der Waals surface area contributed by atoms with Crippen molar-refractivity contribution >= 4 is 17.5 Å². The third-order valence-corrected chi connectivity index (χ3v) is 11.3. The van der Waals surface area contributed by atoms with Gasteiger partial charge in [0.1, 0.15) is 17.5 Å². The molecule has 0 aromatic rings. The molecule has 1 unspecified atom stereocenters. The molecule has 5 aliphatic rings. The second kappa shape index (κ2) is 8.31. The maximum atomic E-state index is 14.1. The molecular formula is C29H40O8. The van der Waals surface area contributed by atoms with Gasteiger partial charge in [-0.1, -0.05) is 19.4 Å². The van der Waals surface area contributed by atoms with E-state index in [1.165, 1.54) is 6.08 Å². The van der Waals surface area contributed by atoms with Gasteiger partial charge in [0.05, 0.1) is 23.2 Å². The van der Waals surface area contributed by atoms with Crippen LogP contribution in [0.5, 0.6) is 0 Å². The summed E-state index contributed by atoms with van der Waals surface area (Å²) in [4.78, 5) is 40.0. The number of rotatable bonds is 3. The van der Waals surface area contributed by atoms with Crippen molar-refractivity contribution in [3.05, 3.63) is 22.8 Å². The van der Waals surface area contributed by atoms with Crippen LogP contribution in [0.2, 0.25) is 0 Å². The molecule has 4 aliphatic carbocycles. The van der Waals surface area contributed by atoms with E-state index in [4.69, 9.17) is 4.74 Å². The number of carbonyl (C=O) groups is 3. The van der Waals surface area contributed by atoms with Crippen molar-refractivity contribution in [1.82, 2.24) is 0 Å². The lowest BCUT2D eigenvalue weighted by molar-refractivity contribution is -0.192. The maximum absolute atomic E-state index is 14.1. The van der Waals surface area contributed by atoms with Crippen molar-refractivity contribution < 1.29 is 39.5 Å². The molecule has 0 bridgehead atoms. The van der Waals surface area contributed by atoms with Gasteiger partial charge in [-0.3, -0.25) is 9.59 Å². The largest absolute Gasteiger partial charge is 0.456 e. The number of aliphatic hydroxyl groups excluding tert-OH is 2. The molecule has 0 spiro atoms. The Hall–Kier alpha value is -1.87. The van der Waals surface area contributed by atoms with Crippen LogP contribution in [0.3, 0.4) is 0 Å². The van der Waals surface area contributed by atoms with Crippen molar-refractivity contribution in [3.8, 4) is 0 Å². The van der Waals surface area contributed by atoms with Gasteiger partial charge < -0.3 is 25.2 Å². The van der Waals surface area contributed by atoms with Gasteiger partial charge in [0.15, 0.2) is 5.78 Å². The molecule has 5 rings (SSSR count). The first-order valence-corrected chi connectivity index (χ1v) is 13.6. The average molecular weight is 517 g/mol. The highest BCUT2D eigenvalue weighted by Gasteiger charge is 2.72. The Morgan fingerprint density at radius 2 is 1.78 bits per heavy atom. The zero-order valence-corrected chi connectivity index (χ0v) is 22.4. The van der Waals surface area contributed by atoms with Crippen LogP contribution in [-0.2, 0) is 19.1 Å². The van der Waals surface area contributed by atoms with Crippen LogP contribution >= 0.6 is 0 Å². The Morgan fingerprint density at radius 3 is 2.43 bits per heavy atom. The Kier molecular flexibility index (Phi) is 6.00. The Labute approximate surface area is 217 Å². The number of esters is 1. The van der Waals surface area contributed by atoms with E-state index in [0.29, 0.717) is 30.4 Å². The fourth-order valence-corrected chi connectivity index (χ4v) is 8.76. The van der Waals surface area contributed by atoms with Gasteiger partial charge in [-0.25, -0.2) is 4.79 Å². The van der Waals surface area contributed by atoms with Crippen molar-refractivity contribution in [2.45, 2.75) is 109 Å². The summed E-state index contributed by atoms with van der Waals surface area (Å²) in [5.74, 6) is -2.55. The summed E-state index contributed by atoms with van der Waals surface area (Å²) in [7, 11) is 0. The maximum Gasteiger partial charge on any atom is 0.334 e. The third-order valence-electron chi connectivity index (χ3n) is 11.3. The lowest BCUT2D eigenvalue weighted by Crippen LogP contribution is -2.66. The quantitative estimate of drug-likeness (QED) is 0.418. The zero-order valence-electron chi connectivity index (χ0n) is 22.4. The fourth-order valence-electron chi connectivity index (χ4n) is 8.76. The first-order valence-electron chi connectivity index (χ1n) is 13.6. The number of carbonyl (C=O) groups excluding carboxylic acids is 3. The number of allylic oxidation sites excluding steroid dienone is 1. The summed E-state index contributed by atoms with van der Waals surface area (Å²) in [6.45, 7) is 8.83. The minimum absolute atomic E-state index is 0.0734. The van der Waals surface area contributed by atoms with Crippen LogP contribution in [0.15, 0.2) is 22.8 Å². The van der Waals surface area contributed by atoms with Gasteiger partial charge in [-0.15, -0.1) is 0 Å². The van der Waals surface area contributed by atoms with E-state index in [0.717, 1.165) is 5.57 Å². The van der Waals surface area contributed by atoms with E-state index < -0.39 is 64.1 Å². The molecule has 0 saturated heterocycles. The average Bonchev–Trinajstić information content (AvgIpc) is 3.12. The predicted molar refractivity (Wildman–Crippen MR) is 133 cm³/mol. The molecule has 8 heteroatoms. The van der Waals surface area contributed by atoms with Crippen molar-refractivity contribution in [1.29, 1.82) is 0 Å². The van der Waals surface area contributed by atoms with Crippen LogP contribution in [0.1, 0.15) is 79.6 Å². The van der Waals surface area contributed by atoms with Gasteiger partial charge in [0.2, 0.25) is 0 Å². The normalized spacial score (nSPS) is 47.5. The number of hydrogen-bond acceptors (Lipinski definition) is 8. The van der Waals surface area contributed by atoms with E-state index in [9.17, 15) is 34.8 Å². The van der Waals surface area contributed by atoms with Crippen LogP contribution in [0, 0.1) is 28.6 Å². The van der Waals surface area contributed by atoms with E-state index in [1.807, 2.05) is 13.8 Å². The second-order valence-electron chi connectivity index (χ2n) is 12.9. The lowest BCUT2D eigenvalue weighted by Gasteiger charge is -2.59. The predicted octanol–water partition coefficient (Wildman–Crippen LogP) is 2.16. The molecule has 204 valence electrons. The van der Waals surface area contributed by atoms with E-state index >= 15 is 0 Å². The number of aliphatic hydroxyl groups is 4. The van der Waals surface area contributed by atoms with Gasteiger partial charge in [0.25, 0.3) is 0 Å². The molecule has 0 aromatic heterocycles. The highest BCUT2D eigenvalue weighted by molar-refractivity contribution is 5.98. The van der Waals surface area contributed by atoms with Gasteiger partial charge in [-0.2, -0.15) is 0 Å².